The van der Waals surface area contributed by atoms with E-state index in [0.717, 1.165) is 61.1 Å². The van der Waals surface area contributed by atoms with Crippen LogP contribution in [0.2, 0.25) is 5.02 Å². The summed E-state index contributed by atoms with van der Waals surface area (Å²) in [5.41, 5.74) is 1.57. The Bertz CT molecular complexity index is 1870. The van der Waals surface area contributed by atoms with Gasteiger partial charge in [0.1, 0.15) is 23.1 Å². The van der Waals surface area contributed by atoms with Crippen LogP contribution in [0.4, 0.5) is 19.4 Å². The molecule has 0 radical (unpaired) electrons. The first-order valence-electron chi connectivity index (χ1n) is 17.1. The molecule has 3 fully saturated rings. The first-order valence-corrected chi connectivity index (χ1v) is 18.4. The van der Waals surface area contributed by atoms with E-state index in [0.29, 0.717) is 47.7 Å². The number of rotatable bonds is 4. The largest absolute Gasteiger partial charge is 0.444 e. The molecule has 3 saturated heterocycles. The molecule has 3 atom stereocenters. The Balaban J connectivity index is 1.32. The number of ether oxygens (including phenoxy) is 2. The minimum absolute atomic E-state index is 0.154. The molecule has 7 rings (SSSR count). The highest BCUT2D eigenvalue weighted by Gasteiger charge is 2.42. The fourth-order valence-electron chi connectivity index (χ4n) is 7.81. The molecule has 264 valence electrons. The van der Waals surface area contributed by atoms with Crippen LogP contribution in [0.15, 0.2) is 27.9 Å². The third-order valence-corrected chi connectivity index (χ3v) is 12.0. The number of likely N-dealkylation sites (tertiary alicyclic amines) is 1. The predicted octanol–water partition coefficient (Wildman–Crippen LogP) is 6.90. The molecule has 0 bridgehead atoms. The Morgan fingerprint density at radius 2 is 1.82 bits per heavy atom. The maximum Gasteiger partial charge on any atom is 0.410 e. The number of nitrogens with zero attached hydrogens (tertiary/aromatic N) is 5. The van der Waals surface area contributed by atoms with Gasteiger partial charge in [0.2, 0.25) is 0 Å². The monoisotopic (exact) mass is 715 g/mol. The van der Waals surface area contributed by atoms with E-state index < -0.39 is 17.2 Å². The second-order valence-electron chi connectivity index (χ2n) is 15.4. The molecule has 5 heterocycles. The van der Waals surface area contributed by atoms with Gasteiger partial charge in [0, 0.05) is 70.4 Å². The molecule has 0 N–H and O–H groups in total. The number of piperidine rings is 1. The molecule has 4 aliphatic rings. The third-order valence-electron chi connectivity index (χ3n) is 10.5. The normalized spacial score (nSPS) is 24.0. The van der Waals surface area contributed by atoms with E-state index in [2.05, 4.69) is 9.80 Å². The lowest BCUT2D eigenvalue weighted by Gasteiger charge is -2.48. The Labute approximate surface area is 294 Å². The number of carbonyl (C=O) groups is 1. The van der Waals surface area contributed by atoms with Gasteiger partial charge in [0.15, 0.2) is 0 Å². The number of aryl methyl sites for hydroxylation is 1. The van der Waals surface area contributed by atoms with Crippen molar-refractivity contribution < 1.29 is 23.0 Å². The van der Waals surface area contributed by atoms with Gasteiger partial charge >= 0.3 is 11.8 Å². The molecule has 0 unspecified atom stereocenters. The fourth-order valence-corrected chi connectivity index (χ4v) is 9.34. The van der Waals surface area contributed by atoms with Crippen LogP contribution < -0.4 is 10.6 Å². The number of thioether (sulfide) groups is 1. The predicted molar refractivity (Wildman–Crippen MR) is 189 cm³/mol. The van der Waals surface area contributed by atoms with E-state index in [4.69, 9.17) is 26.1 Å². The van der Waals surface area contributed by atoms with Gasteiger partial charge in [0.05, 0.1) is 29.8 Å². The van der Waals surface area contributed by atoms with E-state index in [1.807, 2.05) is 47.6 Å². The van der Waals surface area contributed by atoms with Crippen LogP contribution in [0.5, 0.6) is 0 Å². The average Bonchev–Trinajstić information content (AvgIpc) is 3.01. The van der Waals surface area contributed by atoms with Crippen molar-refractivity contribution >= 4 is 46.2 Å². The average molecular weight is 716 g/mol. The quantitative estimate of drug-likeness (QED) is 0.270. The summed E-state index contributed by atoms with van der Waals surface area (Å²) < 4.78 is 42.8. The number of amides is 1. The second kappa shape index (κ2) is 12.7. The smallest absolute Gasteiger partial charge is 0.410 e. The topological polar surface area (TPSA) is 80.1 Å². The minimum Gasteiger partial charge on any atom is -0.444 e. The van der Waals surface area contributed by atoms with Crippen LogP contribution in [0, 0.1) is 24.0 Å². The molecule has 3 aromatic rings. The van der Waals surface area contributed by atoms with E-state index in [9.17, 15) is 14.0 Å². The molecule has 49 heavy (non-hydrogen) atoms. The molecule has 1 amide bonds. The maximum absolute atomic E-state index is 15.5. The lowest BCUT2D eigenvalue weighted by Crippen LogP contribution is -2.59. The van der Waals surface area contributed by atoms with Crippen molar-refractivity contribution in [1.29, 1.82) is 0 Å². The van der Waals surface area contributed by atoms with Crippen molar-refractivity contribution in [1.82, 2.24) is 19.4 Å². The summed E-state index contributed by atoms with van der Waals surface area (Å²) in [6.07, 6.45) is 1.78. The van der Waals surface area contributed by atoms with Crippen LogP contribution in [-0.4, -0.2) is 94.8 Å². The van der Waals surface area contributed by atoms with Crippen molar-refractivity contribution in [2.24, 2.45) is 5.41 Å². The van der Waals surface area contributed by atoms with Crippen molar-refractivity contribution in [2.45, 2.75) is 83.0 Å². The number of benzene rings is 2. The summed E-state index contributed by atoms with van der Waals surface area (Å²) in [4.78, 5) is 39.2. The molecule has 4 aliphatic heterocycles. The van der Waals surface area contributed by atoms with E-state index in [1.165, 1.54) is 6.07 Å². The lowest BCUT2D eigenvalue weighted by molar-refractivity contribution is -0.140. The number of aromatic nitrogens is 2. The van der Waals surface area contributed by atoms with Crippen LogP contribution in [0.3, 0.4) is 0 Å². The number of anilines is 1. The molecule has 1 aromatic heterocycles. The SMILES string of the molecule is Cc1cc2c(N3C[C@@H](C)N(C(=O)OC(C)(C)C)C[C@@H]3C)nc(=O)n3c2c(c1-c1cc(Cl)c(F)cc1F)SC[C@@H]3CN1CCC2(CC1)COC2. The number of hydrogen-bond donors (Lipinski definition) is 0. The van der Waals surface area contributed by atoms with Crippen molar-refractivity contribution in [2.75, 3.05) is 56.6 Å². The number of piperazine rings is 1. The van der Waals surface area contributed by atoms with E-state index in [1.54, 1.807) is 21.2 Å². The highest BCUT2D eigenvalue weighted by molar-refractivity contribution is 7.99. The van der Waals surface area contributed by atoms with Gasteiger partial charge in [-0.2, -0.15) is 4.98 Å². The molecule has 0 saturated carbocycles. The zero-order chi connectivity index (χ0) is 35.0. The van der Waals surface area contributed by atoms with Gasteiger partial charge in [-0.3, -0.25) is 4.57 Å². The Morgan fingerprint density at radius 3 is 2.47 bits per heavy atom. The van der Waals surface area contributed by atoms with E-state index in [-0.39, 0.29) is 40.5 Å². The van der Waals surface area contributed by atoms with Crippen molar-refractivity contribution in [3.8, 4) is 11.1 Å². The van der Waals surface area contributed by atoms with Crippen molar-refractivity contribution in [3.05, 3.63) is 50.9 Å². The fraction of sp³-hybridized carbons (Fsp3) is 0.583. The van der Waals surface area contributed by atoms with Crippen LogP contribution in [0.25, 0.3) is 22.0 Å². The van der Waals surface area contributed by atoms with E-state index >= 15 is 4.39 Å². The van der Waals surface area contributed by atoms with Crippen molar-refractivity contribution in [3.63, 3.8) is 0 Å². The van der Waals surface area contributed by atoms with Gasteiger partial charge in [-0.15, -0.1) is 11.8 Å². The Kier molecular flexibility index (Phi) is 8.94. The molecular formula is C36H44ClF2N5O4S. The van der Waals surface area contributed by atoms with Crippen LogP contribution in [-0.2, 0) is 9.47 Å². The van der Waals surface area contributed by atoms with Gasteiger partial charge in [-0.25, -0.2) is 18.4 Å². The summed E-state index contributed by atoms with van der Waals surface area (Å²) in [7, 11) is 0. The van der Waals surface area contributed by atoms with Crippen LogP contribution in [0.1, 0.15) is 59.1 Å². The molecule has 13 heteroatoms. The highest BCUT2D eigenvalue weighted by Crippen LogP contribution is 2.48. The molecule has 0 aliphatic carbocycles. The molecule has 2 aromatic carbocycles. The van der Waals surface area contributed by atoms with Gasteiger partial charge in [-0.05, 0) is 85.2 Å². The van der Waals surface area contributed by atoms with Gasteiger partial charge < -0.3 is 24.2 Å². The second-order valence-corrected chi connectivity index (χ2v) is 16.8. The standard InChI is InChI=1S/C36H44ClF2N5O4S/c1-20-11-25-30-31(29(20)24-12-26(37)28(39)13-27(24)38)49-17-23(16-41-9-7-36(8-10-41)18-47-19-36)44(30)33(45)40-32(25)42-14-22(3)43(15-21(42)2)34(46)48-35(4,5)6/h11-13,21-23H,7-10,14-19H2,1-6H3/t21-,22+,23-/m0/s1. The van der Waals surface area contributed by atoms with Gasteiger partial charge in [-0.1, -0.05) is 11.6 Å². The lowest BCUT2D eigenvalue weighted by atomic mass is 9.77. The summed E-state index contributed by atoms with van der Waals surface area (Å²) in [6.45, 7) is 16.5. The zero-order valence-corrected chi connectivity index (χ0v) is 30.5. The molecular weight excluding hydrogens is 672 g/mol. The first-order chi connectivity index (χ1) is 23.1. The zero-order valence-electron chi connectivity index (χ0n) is 28.9. The minimum atomic E-state index is -0.823. The summed E-state index contributed by atoms with van der Waals surface area (Å²) >= 11 is 7.79. The molecule has 9 nitrogen and oxygen atoms in total. The number of halogens is 3. The highest BCUT2D eigenvalue weighted by atomic mass is 35.5. The Morgan fingerprint density at radius 1 is 1.10 bits per heavy atom. The molecule has 1 spiro atoms. The third kappa shape index (κ3) is 6.31. The van der Waals surface area contributed by atoms with Crippen LogP contribution >= 0.6 is 23.4 Å². The number of hydrogen-bond acceptors (Lipinski definition) is 8. The van der Waals surface area contributed by atoms with Gasteiger partial charge in [0.25, 0.3) is 0 Å². The summed E-state index contributed by atoms with van der Waals surface area (Å²) in [5.74, 6) is -0.395. The number of carbonyl (C=O) groups excluding carboxylic acids is 1. The Hall–Kier alpha value is -2.93. The maximum atomic E-state index is 15.5. The summed E-state index contributed by atoms with van der Waals surface area (Å²) in [5, 5.41) is 0.621. The first kappa shape index (κ1) is 34.5. The summed E-state index contributed by atoms with van der Waals surface area (Å²) in [6, 6.07) is 3.58.